The molecule has 1 saturated heterocycles. The van der Waals surface area contributed by atoms with E-state index in [1.807, 2.05) is 6.07 Å². The largest absolute Gasteiger partial charge is 0.490 e. The highest BCUT2D eigenvalue weighted by Crippen LogP contribution is 2.28. The van der Waals surface area contributed by atoms with Gasteiger partial charge in [0.15, 0.2) is 0 Å². The Morgan fingerprint density at radius 3 is 2.57 bits per heavy atom. The Bertz CT molecular complexity index is 474. The Kier molecular flexibility index (Phi) is 7.67. The second-order valence-electron chi connectivity index (χ2n) is 6.85. The molecule has 0 aromatic heterocycles. The lowest BCUT2D eigenvalue weighted by atomic mass is 10.1. The monoisotopic (exact) mass is 316 g/mol. The van der Waals surface area contributed by atoms with E-state index in [-0.39, 0.29) is 5.60 Å². The van der Waals surface area contributed by atoms with Crippen LogP contribution in [0.25, 0.3) is 0 Å². The lowest BCUT2D eigenvalue weighted by Crippen LogP contribution is -2.17. The Hall–Kier alpha value is -1.28. The first-order valence-corrected chi connectivity index (χ1v) is 9.23. The first-order chi connectivity index (χ1) is 11.2. The van der Waals surface area contributed by atoms with E-state index in [0.717, 1.165) is 25.2 Å². The van der Waals surface area contributed by atoms with Gasteiger partial charge in [0.2, 0.25) is 0 Å². The molecule has 1 atom stereocenters. The summed E-state index contributed by atoms with van der Waals surface area (Å²) in [7, 11) is 0. The fourth-order valence-electron chi connectivity index (χ4n) is 2.62. The molecule has 128 valence electrons. The SMILES string of the molecule is CCCCCC/C=C/CCCc1ccccc1OCC1(C)CO1. The zero-order chi connectivity index (χ0) is 16.4. The van der Waals surface area contributed by atoms with Crippen LogP contribution in [0.2, 0.25) is 0 Å². The van der Waals surface area contributed by atoms with E-state index in [2.05, 4.69) is 44.2 Å². The number of aryl methyl sites for hydroxylation is 1. The molecule has 1 fully saturated rings. The molecule has 0 aliphatic carbocycles. The first kappa shape index (κ1) is 18.1. The van der Waals surface area contributed by atoms with Gasteiger partial charge in [0.25, 0.3) is 0 Å². The molecule has 0 bridgehead atoms. The van der Waals surface area contributed by atoms with E-state index in [9.17, 15) is 0 Å². The third kappa shape index (κ3) is 7.22. The van der Waals surface area contributed by atoms with Gasteiger partial charge in [0.05, 0.1) is 6.61 Å². The summed E-state index contributed by atoms with van der Waals surface area (Å²) < 4.78 is 11.3. The third-order valence-electron chi connectivity index (χ3n) is 4.35. The molecular formula is C21H32O2. The smallest absolute Gasteiger partial charge is 0.123 e. The van der Waals surface area contributed by atoms with E-state index in [4.69, 9.17) is 9.47 Å². The molecule has 1 aromatic rings. The number of allylic oxidation sites excluding steroid dienone is 2. The molecule has 2 nitrogen and oxygen atoms in total. The molecule has 1 unspecified atom stereocenters. The number of epoxide rings is 1. The van der Waals surface area contributed by atoms with Crippen molar-refractivity contribution in [3.63, 3.8) is 0 Å². The zero-order valence-corrected chi connectivity index (χ0v) is 14.9. The Balaban J connectivity index is 1.64. The first-order valence-electron chi connectivity index (χ1n) is 9.23. The summed E-state index contributed by atoms with van der Waals surface area (Å²) in [4.78, 5) is 0. The number of hydrogen-bond donors (Lipinski definition) is 0. The molecule has 1 heterocycles. The predicted octanol–water partition coefficient (Wildman–Crippen LogP) is 5.70. The van der Waals surface area contributed by atoms with Gasteiger partial charge in [-0.1, -0.05) is 56.5 Å². The molecule has 2 heteroatoms. The maximum atomic E-state index is 5.95. The van der Waals surface area contributed by atoms with Gasteiger partial charge in [-0.15, -0.1) is 0 Å². The van der Waals surface area contributed by atoms with E-state index in [0.29, 0.717) is 6.61 Å². The zero-order valence-electron chi connectivity index (χ0n) is 14.9. The van der Waals surface area contributed by atoms with E-state index >= 15 is 0 Å². The average Bonchev–Trinajstić information content (AvgIpc) is 3.30. The van der Waals surface area contributed by atoms with Crippen LogP contribution in [-0.2, 0) is 11.2 Å². The summed E-state index contributed by atoms with van der Waals surface area (Å²) in [6.07, 6.45) is 14.7. The van der Waals surface area contributed by atoms with Crippen molar-refractivity contribution in [2.24, 2.45) is 0 Å². The molecule has 0 N–H and O–H groups in total. The number of para-hydroxylation sites is 1. The maximum Gasteiger partial charge on any atom is 0.123 e. The van der Waals surface area contributed by atoms with Crippen molar-refractivity contribution in [3.8, 4) is 5.75 Å². The maximum absolute atomic E-state index is 5.95. The van der Waals surface area contributed by atoms with Crippen LogP contribution in [0.15, 0.2) is 36.4 Å². The van der Waals surface area contributed by atoms with Gasteiger partial charge in [-0.3, -0.25) is 0 Å². The number of ether oxygens (including phenoxy) is 2. The van der Waals surface area contributed by atoms with Gasteiger partial charge in [-0.25, -0.2) is 0 Å². The second-order valence-corrected chi connectivity index (χ2v) is 6.85. The summed E-state index contributed by atoms with van der Waals surface area (Å²) in [5.74, 6) is 1.02. The van der Waals surface area contributed by atoms with Crippen LogP contribution in [0.5, 0.6) is 5.75 Å². The highest BCUT2D eigenvalue weighted by Gasteiger charge is 2.40. The lowest BCUT2D eigenvalue weighted by Gasteiger charge is -2.12. The lowest BCUT2D eigenvalue weighted by molar-refractivity contribution is 0.201. The van der Waals surface area contributed by atoms with Crippen molar-refractivity contribution in [3.05, 3.63) is 42.0 Å². The Morgan fingerprint density at radius 1 is 1.09 bits per heavy atom. The number of rotatable bonds is 12. The second kappa shape index (κ2) is 9.77. The average molecular weight is 316 g/mol. The van der Waals surface area contributed by atoms with Crippen molar-refractivity contribution in [2.45, 2.75) is 70.8 Å². The van der Waals surface area contributed by atoms with E-state index in [1.54, 1.807) is 0 Å². The molecule has 1 aliphatic rings. The molecule has 0 amide bonds. The van der Waals surface area contributed by atoms with E-state index < -0.39 is 0 Å². The molecule has 0 saturated carbocycles. The van der Waals surface area contributed by atoms with Crippen molar-refractivity contribution in [1.82, 2.24) is 0 Å². The summed E-state index contributed by atoms with van der Waals surface area (Å²) in [5.41, 5.74) is 1.27. The molecule has 1 aromatic carbocycles. The summed E-state index contributed by atoms with van der Waals surface area (Å²) in [6.45, 7) is 5.83. The van der Waals surface area contributed by atoms with Crippen molar-refractivity contribution in [2.75, 3.05) is 13.2 Å². The van der Waals surface area contributed by atoms with Crippen molar-refractivity contribution in [1.29, 1.82) is 0 Å². The van der Waals surface area contributed by atoms with Crippen LogP contribution < -0.4 is 4.74 Å². The minimum Gasteiger partial charge on any atom is -0.490 e. The highest BCUT2D eigenvalue weighted by molar-refractivity contribution is 5.33. The normalized spacial score (nSPS) is 20.1. The minimum atomic E-state index is -0.0480. The molecule has 2 rings (SSSR count). The number of unbranched alkanes of at least 4 members (excludes halogenated alkanes) is 5. The third-order valence-corrected chi connectivity index (χ3v) is 4.35. The number of hydrogen-bond acceptors (Lipinski definition) is 2. The molecule has 0 radical (unpaired) electrons. The summed E-state index contributed by atoms with van der Waals surface area (Å²) in [6, 6.07) is 8.40. The van der Waals surface area contributed by atoms with Crippen molar-refractivity contribution < 1.29 is 9.47 Å². The van der Waals surface area contributed by atoms with Gasteiger partial charge >= 0.3 is 0 Å². The standard InChI is InChI=1S/C21H32O2/c1-3-4-5-6-7-8-9-10-11-14-19-15-12-13-16-20(19)22-17-21(2)18-23-21/h8-9,12-13,15-16H,3-7,10-11,14,17-18H2,1-2H3/b9-8+. The highest BCUT2D eigenvalue weighted by atomic mass is 16.6. The van der Waals surface area contributed by atoms with Gasteiger partial charge < -0.3 is 9.47 Å². The minimum absolute atomic E-state index is 0.0480. The fourth-order valence-corrected chi connectivity index (χ4v) is 2.62. The van der Waals surface area contributed by atoms with Crippen LogP contribution in [0.1, 0.15) is 64.4 Å². The van der Waals surface area contributed by atoms with Crippen LogP contribution >= 0.6 is 0 Å². The van der Waals surface area contributed by atoms with Gasteiger partial charge in [-0.05, 0) is 50.7 Å². The summed E-state index contributed by atoms with van der Waals surface area (Å²) >= 11 is 0. The molecule has 0 spiro atoms. The Morgan fingerprint density at radius 2 is 1.83 bits per heavy atom. The van der Waals surface area contributed by atoms with Crippen LogP contribution in [0.3, 0.4) is 0 Å². The predicted molar refractivity (Wildman–Crippen MR) is 97.1 cm³/mol. The quantitative estimate of drug-likeness (QED) is 0.280. The Labute approximate surface area is 141 Å². The van der Waals surface area contributed by atoms with Crippen LogP contribution in [0, 0.1) is 0 Å². The fraction of sp³-hybridized carbons (Fsp3) is 0.619. The molecule has 23 heavy (non-hydrogen) atoms. The van der Waals surface area contributed by atoms with E-state index in [1.165, 1.54) is 44.1 Å². The summed E-state index contributed by atoms with van der Waals surface area (Å²) in [5, 5.41) is 0. The van der Waals surface area contributed by atoms with Gasteiger partial charge in [0.1, 0.15) is 18.0 Å². The van der Waals surface area contributed by atoms with Crippen LogP contribution in [0.4, 0.5) is 0 Å². The van der Waals surface area contributed by atoms with Gasteiger partial charge in [-0.2, -0.15) is 0 Å². The van der Waals surface area contributed by atoms with Gasteiger partial charge in [0, 0.05) is 0 Å². The molecule has 1 aliphatic heterocycles. The number of benzene rings is 1. The van der Waals surface area contributed by atoms with Crippen molar-refractivity contribution >= 4 is 0 Å². The topological polar surface area (TPSA) is 21.8 Å². The molecular weight excluding hydrogens is 284 g/mol. The van der Waals surface area contributed by atoms with Crippen LogP contribution in [-0.4, -0.2) is 18.8 Å².